The topological polar surface area (TPSA) is 49.3 Å². The first-order valence-corrected chi connectivity index (χ1v) is 6.22. The number of nitrogens with one attached hydrogen (secondary N) is 1. The third-order valence-electron chi connectivity index (χ3n) is 1.47. The van der Waals surface area contributed by atoms with Gasteiger partial charge in [0.25, 0.3) is 5.91 Å². The fourth-order valence-electron chi connectivity index (χ4n) is 0.789. The van der Waals surface area contributed by atoms with Crippen LogP contribution in [0.4, 0.5) is 0 Å². The molecule has 3 nitrogen and oxygen atoms in total. The number of alkyl halides is 1. The summed E-state index contributed by atoms with van der Waals surface area (Å²) in [6.07, 6.45) is -0.561. The molecule has 1 rings (SSSR count). The molecule has 0 unspecified atom stereocenters. The van der Waals surface area contributed by atoms with Gasteiger partial charge in [-0.2, -0.15) is 0 Å². The predicted octanol–water partition coefficient (Wildman–Crippen LogP) is 1.89. The average Bonchev–Trinajstić information content (AvgIpc) is 2.60. The van der Waals surface area contributed by atoms with E-state index in [0.717, 1.165) is 0 Å². The molecule has 0 spiro atoms. The van der Waals surface area contributed by atoms with Crippen molar-refractivity contribution in [1.82, 2.24) is 5.32 Å². The van der Waals surface area contributed by atoms with Gasteiger partial charge in [0.15, 0.2) is 0 Å². The number of amides is 1. The Morgan fingerprint density at radius 1 is 1.71 bits per heavy atom. The minimum Gasteiger partial charge on any atom is -0.390 e. The Morgan fingerprint density at radius 3 is 2.93 bits per heavy atom. The Balaban J connectivity index is 2.43. The van der Waals surface area contributed by atoms with Gasteiger partial charge in [-0.3, -0.25) is 4.79 Å². The smallest absolute Gasteiger partial charge is 0.261 e. The lowest BCUT2D eigenvalue weighted by atomic mass is 10.4. The SMILES string of the molecule is O=C(NC[C@H](O)CBr)c1ccc(Cl)s1. The van der Waals surface area contributed by atoms with Gasteiger partial charge in [0.05, 0.1) is 15.3 Å². The maximum atomic E-state index is 11.4. The lowest BCUT2D eigenvalue weighted by Gasteiger charge is -2.07. The molecule has 0 aromatic carbocycles. The molecule has 6 heteroatoms. The van der Waals surface area contributed by atoms with Crippen LogP contribution in [0.3, 0.4) is 0 Å². The van der Waals surface area contributed by atoms with E-state index in [0.29, 0.717) is 14.5 Å². The number of rotatable bonds is 4. The second-order valence-corrected chi connectivity index (χ2v) is 4.98. The van der Waals surface area contributed by atoms with Gasteiger partial charge in [0, 0.05) is 11.9 Å². The van der Waals surface area contributed by atoms with E-state index in [-0.39, 0.29) is 12.5 Å². The molecule has 78 valence electrons. The number of hydrogen-bond donors (Lipinski definition) is 2. The molecular formula is C8H9BrClNO2S. The van der Waals surface area contributed by atoms with E-state index in [1.165, 1.54) is 11.3 Å². The van der Waals surface area contributed by atoms with Crippen molar-refractivity contribution in [2.75, 3.05) is 11.9 Å². The van der Waals surface area contributed by atoms with Crippen molar-refractivity contribution in [3.8, 4) is 0 Å². The van der Waals surface area contributed by atoms with Gasteiger partial charge in [-0.05, 0) is 12.1 Å². The largest absolute Gasteiger partial charge is 0.390 e. The zero-order chi connectivity index (χ0) is 10.6. The van der Waals surface area contributed by atoms with Crippen LogP contribution in [0.1, 0.15) is 9.67 Å². The lowest BCUT2D eigenvalue weighted by Crippen LogP contribution is -2.32. The molecule has 0 saturated heterocycles. The van der Waals surface area contributed by atoms with Crippen LogP contribution < -0.4 is 5.32 Å². The molecule has 1 aromatic heterocycles. The molecule has 1 aromatic rings. The van der Waals surface area contributed by atoms with Crippen LogP contribution in [0.2, 0.25) is 4.34 Å². The Labute approximate surface area is 99.2 Å². The van der Waals surface area contributed by atoms with E-state index < -0.39 is 6.10 Å². The molecule has 1 amide bonds. The van der Waals surface area contributed by atoms with E-state index in [4.69, 9.17) is 11.6 Å². The number of carbonyl (C=O) groups is 1. The minimum atomic E-state index is -0.561. The van der Waals surface area contributed by atoms with Crippen molar-refractivity contribution in [2.45, 2.75) is 6.10 Å². The summed E-state index contributed by atoms with van der Waals surface area (Å²) in [6, 6.07) is 3.32. The highest BCUT2D eigenvalue weighted by molar-refractivity contribution is 9.09. The normalized spacial score (nSPS) is 12.5. The van der Waals surface area contributed by atoms with E-state index in [1.54, 1.807) is 12.1 Å². The summed E-state index contributed by atoms with van der Waals surface area (Å²) in [4.78, 5) is 11.9. The van der Waals surface area contributed by atoms with Crippen molar-refractivity contribution in [2.24, 2.45) is 0 Å². The van der Waals surface area contributed by atoms with E-state index >= 15 is 0 Å². The van der Waals surface area contributed by atoms with E-state index in [2.05, 4.69) is 21.2 Å². The summed E-state index contributed by atoms with van der Waals surface area (Å²) in [5.41, 5.74) is 0. The molecule has 0 fully saturated rings. The maximum absolute atomic E-state index is 11.4. The maximum Gasteiger partial charge on any atom is 0.261 e. The molecule has 0 aliphatic carbocycles. The molecule has 0 aliphatic heterocycles. The van der Waals surface area contributed by atoms with Gasteiger partial charge >= 0.3 is 0 Å². The Kier molecular flexibility index (Phi) is 4.88. The van der Waals surface area contributed by atoms with Crippen LogP contribution >= 0.6 is 38.9 Å². The quantitative estimate of drug-likeness (QED) is 0.834. The Morgan fingerprint density at radius 2 is 2.43 bits per heavy atom. The van der Waals surface area contributed by atoms with Gasteiger partial charge in [-0.1, -0.05) is 27.5 Å². The molecule has 0 aliphatic rings. The standard InChI is InChI=1S/C8H9BrClNO2S/c9-3-5(12)4-11-8(13)6-1-2-7(10)14-6/h1-2,5,12H,3-4H2,(H,11,13)/t5-/m1/s1. The minimum absolute atomic E-state index is 0.207. The van der Waals surface area contributed by atoms with Gasteiger partial charge in [0.1, 0.15) is 0 Å². The molecule has 0 saturated carbocycles. The van der Waals surface area contributed by atoms with Crippen LogP contribution in [0.25, 0.3) is 0 Å². The summed E-state index contributed by atoms with van der Waals surface area (Å²) in [5, 5.41) is 12.2. The van der Waals surface area contributed by atoms with E-state index in [9.17, 15) is 9.90 Å². The van der Waals surface area contributed by atoms with E-state index in [1.807, 2.05) is 0 Å². The molecule has 0 radical (unpaired) electrons. The van der Waals surface area contributed by atoms with Crippen molar-refractivity contribution >= 4 is 44.8 Å². The molecule has 1 heterocycles. The number of hydrogen-bond acceptors (Lipinski definition) is 3. The van der Waals surface area contributed by atoms with Crippen LogP contribution in [0.5, 0.6) is 0 Å². The summed E-state index contributed by atoms with van der Waals surface area (Å²) in [5.74, 6) is -0.207. The highest BCUT2D eigenvalue weighted by Crippen LogP contribution is 2.20. The molecule has 14 heavy (non-hydrogen) atoms. The van der Waals surface area contributed by atoms with Gasteiger partial charge in [-0.25, -0.2) is 0 Å². The van der Waals surface area contributed by atoms with Crippen molar-refractivity contribution in [3.05, 3.63) is 21.3 Å². The highest BCUT2D eigenvalue weighted by Gasteiger charge is 2.09. The third kappa shape index (κ3) is 3.57. The summed E-state index contributed by atoms with van der Waals surface area (Å²) < 4.78 is 0.580. The number of halogens is 2. The van der Waals surface area contributed by atoms with Crippen LogP contribution in [-0.4, -0.2) is 29.0 Å². The molecule has 1 atom stereocenters. The van der Waals surface area contributed by atoms with Crippen LogP contribution in [0, 0.1) is 0 Å². The summed E-state index contributed by atoms with van der Waals surface area (Å²) >= 11 is 10.00. The predicted molar refractivity (Wildman–Crippen MR) is 61.5 cm³/mol. The number of thiophene rings is 1. The molecule has 0 bridgehead atoms. The fourth-order valence-corrected chi connectivity index (χ4v) is 1.98. The zero-order valence-corrected chi connectivity index (χ0v) is 10.3. The van der Waals surface area contributed by atoms with Gasteiger partial charge in [0.2, 0.25) is 0 Å². The van der Waals surface area contributed by atoms with Crippen LogP contribution in [-0.2, 0) is 0 Å². The van der Waals surface area contributed by atoms with Gasteiger partial charge < -0.3 is 10.4 Å². The number of aliphatic hydroxyl groups is 1. The number of carbonyl (C=O) groups excluding carboxylic acids is 1. The average molecular weight is 299 g/mol. The highest BCUT2D eigenvalue weighted by atomic mass is 79.9. The molecule has 2 N–H and O–H groups in total. The zero-order valence-electron chi connectivity index (χ0n) is 7.17. The van der Waals surface area contributed by atoms with Crippen molar-refractivity contribution in [1.29, 1.82) is 0 Å². The van der Waals surface area contributed by atoms with Crippen molar-refractivity contribution in [3.63, 3.8) is 0 Å². The number of aliphatic hydroxyl groups excluding tert-OH is 1. The second-order valence-electron chi connectivity index (χ2n) is 2.62. The monoisotopic (exact) mass is 297 g/mol. The second kappa shape index (κ2) is 5.70. The first-order chi connectivity index (χ1) is 6.63. The summed E-state index contributed by atoms with van der Waals surface area (Å²) in [6.45, 7) is 0.236. The van der Waals surface area contributed by atoms with Gasteiger partial charge in [-0.15, -0.1) is 11.3 Å². The first-order valence-electron chi connectivity index (χ1n) is 3.91. The lowest BCUT2D eigenvalue weighted by molar-refractivity contribution is 0.0930. The Bertz CT molecular complexity index is 318. The first kappa shape index (κ1) is 12.0. The summed E-state index contributed by atoms with van der Waals surface area (Å²) in [7, 11) is 0. The van der Waals surface area contributed by atoms with Crippen molar-refractivity contribution < 1.29 is 9.90 Å². The third-order valence-corrected chi connectivity index (χ3v) is 3.45. The van der Waals surface area contributed by atoms with Crippen LogP contribution in [0.15, 0.2) is 12.1 Å². The molecular weight excluding hydrogens is 290 g/mol. The fraction of sp³-hybridized carbons (Fsp3) is 0.375. The Hall–Kier alpha value is -0.100.